The maximum absolute atomic E-state index is 10.5. The number of hydrogen-bond donors (Lipinski definition) is 2. The Hall–Kier alpha value is -1.73. The highest BCUT2D eigenvalue weighted by Crippen LogP contribution is 2.40. The van der Waals surface area contributed by atoms with Gasteiger partial charge in [0.15, 0.2) is 0 Å². The second-order valence-electron chi connectivity index (χ2n) is 6.96. The number of aliphatic hydroxyl groups excluding tert-OH is 1. The summed E-state index contributed by atoms with van der Waals surface area (Å²) in [6.45, 7) is 5.81. The average Bonchev–Trinajstić information content (AvgIpc) is 3.02. The molecule has 0 saturated carbocycles. The second kappa shape index (κ2) is 5.72. The lowest BCUT2D eigenvalue weighted by atomic mass is 9.72. The topological polar surface area (TPSA) is 78.6 Å². The molecule has 2 saturated heterocycles. The fraction of sp³-hybridized carbons (Fsp3) is 0.688. The Morgan fingerprint density at radius 3 is 3.00 bits per heavy atom. The number of piperidine rings is 2. The molecule has 2 aliphatic rings. The molecule has 0 aromatic carbocycles. The van der Waals surface area contributed by atoms with Crippen LogP contribution >= 0.6 is 0 Å². The Balaban J connectivity index is 1.72. The first kappa shape index (κ1) is 14.8. The van der Waals surface area contributed by atoms with Crippen LogP contribution in [0, 0.1) is 5.41 Å². The van der Waals surface area contributed by atoms with Crippen molar-refractivity contribution < 1.29 is 5.11 Å². The van der Waals surface area contributed by atoms with Crippen molar-refractivity contribution >= 4 is 11.3 Å². The Labute approximate surface area is 135 Å². The third kappa shape index (κ3) is 2.68. The van der Waals surface area contributed by atoms with Crippen molar-refractivity contribution in [2.75, 3.05) is 31.1 Å². The number of nitrogens with one attached hydrogen (secondary N) is 1. The van der Waals surface area contributed by atoms with Gasteiger partial charge in [-0.2, -0.15) is 9.61 Å². The Morgan fingerprint density at radius 1 is 1.39 bits per heavy atom. The molecule has 0 amide bonds. The van der Waals surface area contributed by atoms with E-state index in [1.54, 1.807) is 10.8 Å². The number of β-amino-alcohol motifs (C(OH)–C–C–N with tert-alkyl or cyclic N) is 1. The van der Waals surface area contributed by atoms with E-state index in [-0.39, 0.29) is 11.5 Å². The summed E-state index contributed by atoms with van der Waals surface area (Å²) in [5.74, 6) is 0. The molecule has 1 unspecified atom stereocenters. The lowest BCUT2D eigenvalue weighted by Gasteiger charge is -2.48. The van der Waals surface area contributed by atoms with Gasteiger partial charge in [0.05, 0.1) is 17.5 Å². The minimum absolute atomic E-state index is 0.204. The molecular formula is C16H24N6O. The van der Waals surface area contributed by atoms with E-state index in [0.29, 0.717) is 6.54 Å². The van der Waals surface area contributed by atoms with E-state index in [0.717, 1.165) is 62.3 Å². The first-order valence-electron chi connectivity index (χ1n) is 8.53. The molecule has 1 spiro atoms. The molecule has 0 radical (unpaired) electrons. The summed E-state index contributed by atoms with van der Waals surface area (Å²) in [5.41, 5.74) is 3.05. The van der Waals surface area contributed by atoms with Gasteiger partial charge >= 0.3 is 0 Å². The zero-order valence-corrected chi connectivity index (χ0v) is 13.6. The Kier molecular flexibility index (Phi) is 3.69. The van der Waals surface area contributed by atoms with Crippen molar-refractivity contribution in [1.82, 2.24) is 25.1 Å². The van der Waals surface area contributed by atoms with Gasteiger partial charge in [-0.3, -0.25) is 0 Å². The highest BCUT2D eigenvalue weighted by atomic mass is 16.3. The van der Waals surface area contributed by atoms with Crippen LogP contribution in [0.25, 0.3) is 5.65 Å². The van der Waals surface area contributed by atoms with Crippen molar-refractivity contribution in [2.24, 2.45) is 5.41 Å². The summed E-state index contributed by atoms with van der Waals surface area (Å²) in [6, 6.07) is 2.11. The summed E-state index contributed by atoms with van der Waals surface area (Å²) in [6.07, 6.45) is 5.37. The molecule has 2 fully saturated rings. The third-order valence-electron chi connectivity index (χ3n) is 5.29. The van der Waals surface area contributed by atoms with Crippen LogP contribution in [0.2, 0.25) is 0 Å². The Morgan fingerprint density at radius 2 is 2.22 bits per heavy atom. The average molecular weight is 316 g/mol. The Bertz CT molecular complexity index is 693. The second-order valence-corrected chi connectivity index (χ2v) is 6.96. The molecule has 0 aliphatic carbocycles. The standard InChI is InChI=1S/C16H24N6O/c1-2-12-7-14(15-19-18-11-22(15)20-12)21-9-13(23)8-16(10-21)3-5-17-6-4-16/h7,11,13,17,23H,2-6,8-10H2,1H3. The number of anilines is 1. The molecule has 7 nitrogen and oxygen atoms in total. The van der Waals surface area contributed by atoms with Crippen molar-refractivity contribution in [2.45, 2.75) is 38.7 Å². The summed E-state index contributed by atoms with van der Waals surface area (Å²) in [7, 11) is 0. The monoisotopic (exact) mass is 316 g/mol. The first-order chi connectivity index (χ1) is 11.2. The van der Waals surface area contributed by atoms with Crippen LogP contribution in [0.1, 0.15) is 31.9 Å². The molecule has 0 bridgehead atoms. The van der Waals surface area contributed by atoms with Crippen LogP contribution in [0.3, 0.4) is 0 Å². The van der Waals surface area contributed by atoms with E-state index in [1.807, 2.05) is 0 Å². The van der Waals surface area contributed by atoms with Crippen LogP contribution < -0.4 is 10.2 Å². The summed E-state index contributed by atoms with van der Waals surface area (Å²) >= 11 is 0. The summed E-state index contributed by atoms with van der Waals surface area (Å²) in [4.78, 5) is 2.30. The highest BCUT2D eigenvalue weighted by Gasteiger charge is 2.40. The number of fused-ring (bicyclic) bond motifs is 1. The minimum Gasteiger partial charge on any atom is -0.391 e. The van der Waals surface area contributed by atoms with Gasteiger partial charge in [0.25, 0.3) is 0 Å². The van der Waals surface area contributed by atoms with Gasteiger partial charge in [0, 0.05) is 13.1 Å². The van der Waals surface area contributed by atoms with E-state index in [2.05, 4.69) is 38.5 Å². The van der Waals surface area contributed by atoms with Gasteiger partial charge in [0.2, 0.25) is 5.65 Å². The van der Waals surface area contributed by atoms with Gasteiger partial charge in [-0.15, -0.1) is 10.2 Å². The first-order valence-corrected chi connectivity index (χ1v) is 8.53. The molecular weight excluding hydrogens is 292 g/mol. The lowest BCUT2D eigenvalue weighted by molar-refractivity contribution is 0.0558. The number of aliphatic hydroxyl groups is 1. The quantitative estimate of drug-likeness (QED) is 0.846. The number of rotatable bonds is 2. The van der Waals surface area contributed by atoms with E-state index in [9.17, 15) is 5.11 Å². The molecule has 23 heavy (non-hydrogen) atoms. The van der Waals surface area contributed by atoms with E-state index in [1.165, 1.54) is 0 Å². The van der Waals surface area contributed by atoms with Crippen molar-refractivity contribution in [3.05, 3.63) is 18.1 Å². The zero-order chi connectivity index (χ0) is 15.9. The maximum Gasteiger partial charge on any atom is 0.200 e. The largest absolute Gasteiger partial charge is 0.391 e. The molecule has 2 aromatic heterocycles. The number of aryl methyl sites for hydroxylation is 1. The molecule has 2 N–H and O–H groups in total. The van der Waals surface area contributed by atoms with Gasteiger partial charge in [0.1, 0.15) is 6.33 Å². The number of hydrogen-bond acceptors (Lipinski definition) is 6. The smallest absolute Gasteiger partial charge is 0.200 e. The minimum atomic E-state index is -0.289. The van der Waals surface area contributed by atoms with Crippen molar-refractivity contribution in [3.8, 4) is 0 Å². The molecule has 7 heteroatoms. The van der Waals surface area contributed by atoms with Crippen LogP contribution in [-0.2, 0) is 6.42 Å². The summed E-state index contributed by atoms with van der Waals surface area (Å²) in [5, 5.41) is 26.7. The fourth-order valence-electron chi connectivity index (χ4n) is 4.12. The van der Waals surface area contributed by atoms with Gasteiger partial charge in [-0.05, 0) is 50.3 Å². The van der Waals surface area contributed by atoms with Gasteiger partial charge in [-0.25, -0.2) is 0 Å². The molecule has 2 aliphatic heterocycles. The predicted molar refractivity (Wildman–Crippen MR) is 87.5 cm³/mol. The van der Waals surface area contributed by atoms with Crippen molar-refractivity contribution in [1.29, 1.82) is 0 Å². The van der Waals surface area contributed by atoms with Crippen LogP contribution in [0.4, 0.5) is 5.69 Å². The number of aromatic nitrogens is 4. The van der Waals surface area contributed by atoms with Crippen LogP contribution in [0.15, 0.2) is 12.4 Å². The maximum atomic E-state index is 10.5. The van der Waals surface area contributed by atoms with Crippen molar-refractivity contribution in [3.63, 3.8) is 0 Å². The molecule has 1 atom stereocenters. The fourth-order valence-corrected chi connectivity index (χ4v) is 4.12. The van der Waals surface area contributed by atoms with Crippen LogP contribution in [-0.4, -0.2) is 57.2 Å². The highest BCUT2D eigenvalue weighted by molar-refractivity contribution is 5.68. The van der Waals surface area contributed by atoms with Gasteiger partial charge in [-0.1, -0.05) is 6.92 Å². The van der Waals surface area contributed by atoms with Crippen LogP contribution in [0.5, 0.6) is 0 Å². The molecule has 2 aromatic rings. The predicted octanol–water partition coefficient (Wildman–Crippen LogP) is 0.627. The zero-order valence-electron chi connectivity index (χ0n) is 13.6. The van der Waals surface area contributed by atoms with E-state index in [4.69, 9.17) is 0 Å². The van der Waals surface area contributed by atoms with Gasteiger partial charge < -0.3 is 15.3 Å². The number of nitrogens with zero attached hydrogens (tertiary/aromatic N) is 5. The summed E-state index contributed by atoms with van der Waals surface area (Å²) < 4.78 is 1.75. The normalized spacial score (nSPS) is 24.4. The SMILES string of the molecule is CCc1cc(N2CC(O)CC3(CCNCC3)C2)c2nncn2n1. The molecule has 124 valence electrons. The third-order valence-corrected chi connectivity index (χ3v) is 5.29. The lowest BCUT2D eigenvalue weighted by Crippen LogP contribution is -2.53. The van der Waals surface area contributed by atoms with E-state index < -0.39 is 0 Å². The molecule has 4 rings (SSSR count). The van der Waals surface area contributed by atoms with E-state index >= 15 is 0 Å². The molecule has 4 heterocycles.